The van der Waals surface area contributed by atoms with E-state index < -0.39 is 0 Å². The minimum Gasteiger partial charge on any atom is -0.267 e. The Kier molecular flexibility index (Phi) is 5.85. The highest BCUT2D eigenvalue weighted by Crippen LogP contribution is 2.27. The van der Waals surface area contributed by atoms with Gasteiger partial charge < -0.3 is 0 Å². The van der Waals surface area contributed by atoms with Crippen LogP contribution in [0.15, 0.2) is 16.0 Å². The zero-order valence-electron chi connectivity index (χ0n) is 14.7. The van der Waals surface area contributed by atoms with E-state index in [0.29, 0.717) is 21.8 Å². The highest BCUT2D eigenvalue weighted by atomic mass is 32.2. The maximum atomic E-state index is 12.3. The third-order valence-corrected chi connectivity index (χ3v) is 5.95. The van der Waals surface area contributed by atoms with Crippen molar-refractivity contribution < 1.29 is 0 Å². The van der Waals surface area contributed by atoms with Crippen LogP contribution in [0.4, 0.5) is 0 Å². The number of hydrogen-bond donors (Lipinski definition) is 1. The van der Waals surface area contributed by atoms with Gasteiger partial charge in [0.15, 0.2) is 0 Å². The van der Waals surface area contributed by atoms with Crippen molar-refractivity contribution in [2.75, 3.05) is 0 Å². The molecule has 0 aliphatic rings. The van der Waals surface area contributed by atoms with Crippen LogP contribution in [0.25, 0.3) is 4.96 Å². The van der Waals surface area contributed by atoms with Crippen LogP contribution in [0.5, 0.6) is 0 Å². The number of fused-ring (bicyclic) bond motifs is 1. The monoisotopic (exact) mass is 378 g/mol. The maximum absolute atomic E-state index is 12.3. The van der Waals surface area contributed by atoms with E-state index in [1.54, 1.807) is 6.07 Å². The molecule has 0 aromatic carbocycles. The molecule has 1 N–H and O–H groups in total. The molecule has 3 aromatic heterocycles. The summed E-state index contributed by atoms with van der Waals surface area (Å²) in [6.45, 7) is 6.39. The number of hydrogen-bond acceptors (Lipinski definition) is 7. The average Bonchev–Trinajstić information content (AvgIpc) is 3.22. The maximum Gasteiger partial charge on any atom is 0.275 e. The summed E-state index contributed by atoms with van der Waals surface area (Å²) >= 11 is 2.99. The minimum atomic E-state index is -0.129. The lowest BCUT2D eigenvalue weighted by Crippen LogP contribution is -2.15. The normalized spacial score (nSPS) is 11.7. The van der Waals surface area contributed by atoms with Gasteiger partial charge in [0.1, 0.15) is 10.8 Å². The molecule has 0 saturated carbocycles. The molecule has 134 valence electrons. The van der Waals surface area contributed by atoms with Crippen LogP contribution in [0, 0.1) is 0 Å². The molecule has 0 aliphatic carbocycles. The van der Waals surface area contributed by atoms with Crippen LogP contribution < -0.4 is 5.56 Å². The summed E-state index contributed by atoms with van der Waals surface area (Å²) in [6.07, 6.45) is 3.94. The van der Waals surface area contributed by atoms with Crippen LogP contribution >= 0.6 is 23.1 Å². The van der Waals surface area contributed by atoms with E-state index in [0.717, 1.165) is 42.2 Å². The molecule has 3 heterocycles. The molecule has 9 heteroatoms. The Morgan fingerprint density at radius 1 is 1.28 bits per heavy atom. The van der Waals surface area contributed by atoms with Crippen molar-refractivity contribution in [3.63, 3.8) is 0 Å². The quantitative estimate of drug-likeness (QED) is 0.604. The first-order chi connectivity index (χ1) is 12.1. The fourth-order valence-corrected chi connectivity index (χ4v) is 4.48. The zero-order valence-corrected chi connectivity index (χ0v) is 16.3. The van der Waals surface area contributed by atoms with Crippen molar-refractivity contribution in [2.24, 2.45) is 0 Å². The van der Waals surface area contributed by atoms with Crippen LogP contribution in [-0.2, 0) is 12.2 Å². The molecule has 7 nitrogen and oxygen atoms in total. The van der Waals surface area contributed by atoms with Crippen LogP contribution in [0.1, 0.15) is 62.5 Å². The largest absolute Gasteiger partial charge is 0.275 e. The molecule has 0 bridgehead atoms. The standard InChI is InChI=1S/C16H22N6OS2/c1-4-7-12-18-15(20-19-12)24-9-11-8-13(23)22-16(17-11)25-14(21-22)10(5-2)6-3/h8,10H,4-7,9H2,1-3H3,(H,18,19,20). The molecule has 0 unspecified atom stereocenters. The van der Waals surface area contributed by atoms with E-state index in [9.17, 15) is 4.79 Å². The van der Waals surface area contributed by atoms with E-state index in [4.69, 9.17) is 0 Å². The average molecular weight is 379 g/mol. The summed E-state index contributed by atoms with van der Waals surface area (Å²) in [5, 5.41) is 13.3. The fourth-order valence-electron chi connectivity index (χ4n) is 2.58. The Morgan fingerprint density at radius 3 is 2.80 bits per heavy atom. The lowest BCUT2D eigenvalue weighted by atomic mass is 10.1. The summed E-state index contributed by atoms with van der Waals surface area (Å²) in [7, 11) is 0. The third kappa shape index (κ3) is 4.09. The molecule has 0 amide bonds. The summed E-state index contributed by atoms with van der Waals surface area (Å²) in [4.78, 5) is 22.0. The molecule has 0 aliphatic heterocycles. The predicted octanol–water partition coefficient (Wildman–Crippen LogP) is 3.42. The van der Waals surface area contributed by atoms with Gasteiger partial charge in [0, 0.05) is 24.2 Å². The number of aromatic nitrogens is 6. The van der Waals surface area contributed by atoms with Gasteiger partial charge in [-0.3, -0.25) is 9.89 Å². The molecule has 0 radical (unpaired) electrons. The Bertz CT molecular complexity index is 896. The topological polar surface area (TPSA) is 88.8 Å². The van der Waals surface area contributed by atoms with Gasteiger partial charge in [0.25, 0.3) is 5.56 Å². The Labute approximate surface area is 154 Å². The SMILES string of the molecule is CCCc1nc(SCc2cc(=O)n3nc(C(CC)CC)sc3n2)n[nH]1. The molecular formula is C16H22N6OS2. The lowest BCUT2D eigenvalue weighted by Gasteiger charge is -2.05. The first-order valence-corrected chi connectivity index (χ1v) is 10.4. The van der Waals surface area contributed by atoms with E-state index in [-0.39, 0.29) is 5.56 Å². The van der Waals surface area contributed by atoms with Gasteiger partial charge in [-0.05, 0) is 19.3 Å². The molecule has 0 saturated heterocycles. The number of thioether (sulfide) groups is 1. The fraction of sp³-hybridized carbons (Fsp3) is 0.562. The first kappa shape index (κ1) is 18.1. The number of aryl methyl sites for hydroxylation is 1. The van der Waals surface area contributed by atoms with Gasteiger partial charge in [-0.1, -0.05) is 43.9 Å². The number of nitrogens with one attached hydrogen (secondary N) is 1. The number of rotatable bonds is 8. The Morgan fingerprint density at radius 2 is 2.08 bits per heavy atom. The van der Waals surface area contributed by atoms with Crippen molar-refractivity contribution in [1.82, 2.24) is 29.8 Å². The Hall–Kier alpha value is -1.74. The summed E-state index contributed by atoms with van der Waals surface area (Å²) in [5.74, 6) is 1.84. The second-order valence-electron chi connectivity index (χ2n) is 5.84. The van der Waals surface area contributed by atoms with Crippen LogP contribution in [0.2, 0.25) is 0 Å². The van der Waals surface area contributed by atoms with E-state index in [1.165, 1.54) is 27.6 Å². The zero-order chi connectivity index (χ0) is 17.8. The van der Waals surface area contributed by atoms with Crippen molar-refractivity contribution in [1.29, 1.82) is 0 Å². The van der Waals surface area contributed by atoms with Crippen molar-refractivity contribution in [3.05, 3.63) is 32.9 Å². The number of H-pyrrole nitrogens is 1. The third-order valence-electron chi connectivity index (χ3n) is 4.00. The van der Waals surface area contributed by atoms with E-state index in [2.05, 4.69) is 46.0 Å². The van der Waals surface area contributed by atoms with Crippen molar-refractivity contribution in [3.8, 4) is 0 Å². The van der Waals surface area contributed by atoms with Gasteiger partial charge in [0.2, 0.25) is 10.1 Å². The smallest absolute Gasteiger partial charge is 0.267 e. The van der Waals surface area contributed by atoms with E-state index >= 15 is 0 Å². The summed E-state index contributed by atoms with van der Waals surface area (Å²) in [6, 6.07) is 1.55. The highest BCUT2D eigenvalue weighted by molar-refractivity contribution is 7.98. The van der Waals surface area contributed by atoms with Crippen LogP contribution in [0.3, 0.4) is 0 Å². The van der Waals surface area contributed by atoms with Crippen molar-refractivity contribution in [2.45, 2.75) is 63.3 Å². The molecule has 0 fully saturated rings. The lowest BCUT2D eigenvalue weighted by molar-refractivity contribution is 0.623. The molecule has 0 spiro atoms. The highest BCUT2D eigenvalue weighted by Gasteiger charge is 2.15. The number of nitrogens with zero attached hydrogens (tertiary/aromatic N) is 5. The second kappa shape index (κ2) is 8.09. The molecular weight excluding hydrogens is 356 g/mol. The number of aromatic amines is 1. The molecule has 0 atom stereocenters. The van der Waals surface area contributed by atoms with Gasteiger partial charge in [-0.25, -0.2) is 9.97 Å². The van der Waals surface area contributed by atoms with Crippen LogP contribution in [-0.4, -0.2) is 29.8 Å². The van der Waals surface area contributed by atoms with Gasteiger partial charge in [0.05, 0.1) is 5.69 Å². The summed E-state index contributed by atoms with van der Waals surface area (Å²) < 4.78 is 1.42. The second-order valence-corrected chi connectivity index (χ2v) is 7.77. The first-order valence-electron chi connectivity index (χ1n) is 8.58. The van der Waals surface area contributed by atoms with Crippen molar-refractivity contribution >= 4 is 28.1 Å². The van der Waals surface area contributed by atoms with Gasteiger partial charge in [-0.15, -0.1) is 5.10 Å². The predicted molar refractivity (Wildman–Crippen MR) is 100 cm³/mol. The van der Waals surface area contributed by atoms with Gasteiger partial charge >= 0.3 is 0 Å². The minimum absolute atomic E-state index is 0.129. The molecule has 3 aromatic rings. The molecule has 25 heavy (non-hydrogen) atoms. The Balaban J connectivity index is 1.78. The van der Waals surface area contributed by atoms with Gasteiger partial charge in [-0.2, -0.15) is 9.61 Å². The summed E-state index contributed by atoms with van der Waals surface area (Å²) in [5.41, 5.74) is 0.604. The molecule has 3 rings (SSSR count). The van der Waals surface area contributed by atoms with E-state index in [1.807, 2.05) is 0 Å².